The second kappa shape index (κ2) is 6.87. The lowest BCUT2D eigenvalue weighted by Crippen LogP contribution is -2.43. The number of nitrogens with one attached hydrogen (secondary N) is 1. The SMILES string of the molecule is O=C(N[C@@H]1C[C@H]2CO[C@@H](c3ccccc3)CN2C1)c1ccc2c(c1)OCO2. The summed E-state index contributed by atoms with van der Waals surface area (Å²) in [5.41, 5.74) is 1.81. The number of hydrogen-bond acceptors (Lipinski definition) is 5. The van der Waals surface area contributed by atoms with E-state index in [-0.39, 0.29) is 24.8 Å². The molecular weight excluding hydrogens is 344 g/mol. The smallest absolute Gasteiger partial charge is 0.251 e. The van der Waals surface area contributed by atoms with Gasteiger partial charge in [-0.25, -0.2) is 0 Å². The molecule has 0 bridgehead atoms. The Hall–Kier alpha value is -2.57. The molecule has 0 aliphatic carbocycles. The number of rotatable bonds is 3. The van der Waals surface area contributed by atoms with Gasteiger partial charge in [0.05, 0.1) is 12.7 Å². The van der Waals surface area contributed by atoms with Crippen LogP contribution in [0.1, 0.15) is 28.4 Å². The second-order valence-electron chi connectivity index (χ2n) is 7.31. The molecule has 0 aromatic heterocycles. The van der Waals surface area contributed by atoms with E-state index < -0.39 is 0 Å². The van der Waals surface area contributed by atoms with Crippen LogP contribution in [0, 0.1) is 0 Å². The van der Waals surface area contributed by atoms with Gasteiger partial charge in [0.15, 0.2) is 11.5 Å². The first-order valence-electron chi connectivity index (χ1n) is 9.37. The van der Waals surface area contributed by atoms with Crippen molar-refractivity contribution in [2.24, 2.45) is 0 Å². The van der Waals surface area contributed by atoms with Gasteiger partial charge in [0.25, 0.3) is 5.91 Å². The highest BCUT2D eigenvalue weighted by Gasteiger charge is 2.38. The zero-order valence-electron chi connectivity index (χ0n) is 15.0. The van der Waals surface area contributed by atoms with Gasteiger partial charge < -0.3 is 19.5 Å². The molecular formula is C21H22N2O4. The molecule has 3 aliphatic rings. The molecule has 3 aliphatic heterocycles. The number of ether oxygens (including phenoxy) is 3. The summed E-state index contributed by atoms with van der Waals surface area (Å²) in [6.07, 6.45) is 1.02. The van der Waals surface area contributed by atoms with E-state index >= 15 is 0 Å². The number of benzene rings is 2. The maximum Gasteiger partial charge on any atom is 0.251 e. The van der Waals surface area contributed by atoms with Crippen LogP contribution < -0.4 is 14.8 Å². The van der Waals surface area contributed by atoms with Crippen molar-refractivity contribution >= 4 is 5.91 Å². The minimum atomic E-state index is -0.0707. The van der Waals surface area contributed by atoms with Crippen molar-refractivity contribution in [3.63, 3.8) is 0 Å². The summed E-state index contributed by atoms with van der Waals surface area (Å²) in [6.45, 7) is 2.64. The zero-order valence-corrected chi connectivity index (χ0v) is 15.0. The van der Waals surface area contributed by atoms with Crippen LogP contribution in [0.4, 0.5) is 0 Å². The third kappa shape index (κ3) is 3.26. The van der Waals surface area contributed by atoms with Crippen LogP contribution in [0.5, 0.6) is 11.5 Å². The minimum Gasteiger partial charge on any atom is -0.454 e. The van der Waals surface area contributed by atoms with Gasteiger partial charge >= 0.3 is 0 Å². The summed E-state index contributed by atoms with van der Waals surface area (Å²) in [5.74, 6) is 1.25. The van der Waals surface area contributed by atoms with Gasteiger partial charge in [-0.15, -0.1) is 0 Å². The Morgan fingerprint density at radius 3 is 2.78 bits per heavy atom. The Morgan fingerprint density at radius 2 is 1.89 bits per heavy atom. The first-order chi connectivity index (χ1) is 13.3. The van der Waals surface area contributed by atoms with Crippen molar-refractivity contribution in [1.82, 2.24) is 10.2 Å². The van der Waals surface area contributed by atoms with Gasteiger partial charge in [0.1, 0.15) is 0 Å². The van der Waals surface area contributed by atoms with Crippen molar-refractivity contribution in [2.75, 3.05) is 26.5 Å². The first-order valence-corrected chi connectivity index (χ1v) is 9.37. The molecule has 2 aromatic rings. The largest absolute Gasteiger partial charge is 0.454 e. The number of nitrogens with zero attached hydrogens (tertiary/aromatic N) is 1. The molecule has 2 saturated heterocycles. The standard InChI is InChI=1S/C21H22N2O4/c24-21(15-6-7-18-19(8-15)27-13-26-18)22-16-9-17-12-25-20(11-23(17)10-16)14-4-2-1-3-5-14/h1-8,16-17,20H,9-13H2,(H,22,24)/t16-,17+,20-/m1/s1. The molecule has 2 fully saturated rings. The fraction of sp³-hybridized carbons (Fsp3) is 0.381. The molecule has 6 nitrogen and oxygen atoms in total. The molecule has 2 aromatic carbocycles. The monoisotopic (exact) mass is 366 g/mol. The summed E-state index contributed by atoms with van der Waals surface area (Å²) in [5, 5.41) is 3.16. The molecule has 27 heavy (non-hydrogen) atoms. The molecule has 0 unspecified atom stereocenters. The zero-order chi connectivity index (χ0) is 18.2. The lowest BCUT2D eigenvalue weighted by Gasteiger charge is -2.35. The van der Waals surface area contributed by atoms with Crippen LogP contribution >= 0.6 is 0 Å². The lowest BCUT2D eigenvalue weighted by atomic mass is 10.1. The predicted molar refractivity (Wildman–Crippen MR) is 98.9 cm³/mol. The molecule has 1 N–H and O–H groups in total. The lowest BCUT2D eigenvalue weighted by molar-refractivity contribution is -0.0502. The predicted octanol–water partition coefficient (Wildman–Crippen LogP) is 2.36. The minimum absolute atomic E-state index is 0.0707. The third-order valence-corrected chi connectivity index (χ3v) is 5.56. The van der Waals surface area contributed by atoms with Crippen molar-refractivity contribution < 1.29 is 19.0 Å². The van der Waals surface area contributed by atoms with Crippen molar-refractivity contribution in [1.29, 1.82) is 0 Å². The summed E-state index contributed by atoms with van der Waals surface area (Å²) in [7, 11) is 0. The topological polar surface area (TPSA) is 60.0 Å². The van der Waals surface area contributed by atoms with Crippen LogP contribution in [0.3, 0.4) is 0 Å². The molecule has 0 radical (unpaired) electrons. The molecule has 140 valence electrons. The van der Waals surface area contributed by atoms with Crippen LogP contribution in [-0.4, -0.2) is 49.4 Å². The quantitative estimate of drug-likeness (QED) is 0.904. The maximum absolute atomic E-state index is 12.6. The van der Waals surface area contributed by atoms with Crippen LogP contribution in [0.25, 0.3) is 0 Å². The van der Waals surface area contributed by atoms with E-state index in [1.54, 1.807) is 18.2 Å². The highest BCUT2D eigenvalue weighted by Crippen LogP contribution is 2.33. The fourth-order valence-corrected chi connectivity index (χ4v) is 4.15. The Balaban J connectivity index is 1.22. The van der Waals surface area contributed by atoms with Gasteiger partial charge in [0.2, 0.25) is 6.79 Å². The van der Waals surface area contributed by atoms with Gasteiger partial charge in [0, 0.05) is 30.7 Å². The van der Waals surface area contributed by atoms with E-state index in [0.29, 0.717) is 29.7 Å². The first kappa shape index (κ1) is 16.6. The maximum atomic E-state index is 12.6. The average Bonchev–Trinajstić information content (AvgIpc) is 3.33. The molecule has 0 spiro atoms. The Kier molecular flexibility index (Phi) is 4.22. The van der Waals surface area contributed by atoms with E-state index in [9.17, 15) is 4.79 Å². The summed E-state index contributed by atoms with van der Waals surface area (Å²) >= 11 is 0. The number of fused-ring (bicyclic) bond motifs is 2. The molecule has 1 amide bonds. The number of morpholine rings is 1. The average molecular weight is 366 g/mol. The highest BCUT2D eigenvalue weighted by atomic mass is 16.7. The number of hydrogen-bond donors (Lipinski definition) is 1. The van der Waals surface area contributed by atoms with E-state index in [4.69, 9.17) is 14.2 Å². The second-order valence-corrected chi connectivity index (χ2v) is 7.31. The number of carbonyl (C=O) groups is 1. The Labute approximate surface area is 158 Å². The molecule has 0 saturated carbocycles. The van der Waals surface area contributed by atoms with Crippen molar-refractivity contribution in [3.8, 4) is 11.5 Å². The van der Waals surface area contributed by atoms with Crippen LogP contribution in [-0.2, 0) is 4.74 Å². The van der Waals surface area contributed by atoms with Crippen LogP contribution in [0.2, 0.25) is 0 Å². The normalized spacial score (nSPS) is 26.6. The van der Waals surface area contributed by atoms with E-state index in [1.807, 2.05) is 18.2 Å². The molecule has 3 atom stereocenters. The summed E-state index contributed by atoms with van der Waals surface area (Å²) in [6, 6.07) is 16.1. The Morgan fingerprint density at radius 1 is 1.04 bits per heavy atom. The number of carbonyl (C=O) groups excluding carboxylic acids is 1. The molecule has 5 rings (SSSR count). The van der Waals surface area contributed by atoms with Crippen molar-refractivity contribution in [3.05, 3.63) is 59.7 Å². The highest BCUT2D eigenvalue weighted by molar-refractivity contribution is 5.95. The number of amides is 1. The van der Waals surface area contributed by atoms with Gasteiger partial charge in [-0.1, -0.05) is 30.3 Å². The summed E-state index contributed by atoms with van der Waals surface area (Å²) in [4.78, 5) is 15.1. The Bertz CT molecular complexity index is 841. The van der Waals surface area contributed by atoms with Gasteiger partial charge in [-0.05, 0) is 30.2 Å². The van der Waals surface area contributed by atoms with E-state index in [2.05, 4.69) is 22.3 Å². The molecule has 6 heteroatoms. The fourth-order valence-electron chi connectivity index (χ4n) is 4.15. The van der Waals surface area contributed by atoms with E-state index in [1.165, 1.54) is 5.56 Å². The van der Waals surface area contributed by atoms with Gasteiger partial charge in [-0.3, -0.25) is 9.69 Å². The van der Waals surface area contributed by atoms with E-state index in [0.717, 1.165) is 19.5 Å². The van der Waals surface area contributed by atoms with Gasteiger partial charge in [-0.2, -0.15) is 0 Å². The molecule has 3 heterocycles. The summed E-state index contributed by atoms with van der Waals surface area (Å²) < 4.78 is 16.7. The van der Waals surface area contributed by atoms with Crippen LogP contribution in [0.15, 0.2) is 48.5 Å². The van der Waals surface area contributed by atoms with Crippen molar-refractivity contribution in [2.45, 2.75) is 24.6 Å². The third-order valence-electron chi connectivity index (χ3n) is 5.56.